The Morgan fingerprint density at radius 3 is 2.90 bits per heavy atom. The van der Waals surface area contributed by atoms with Gasteiger partial charge in [-0.1, -0.05) is 4.68 Å². The number of fused-ring (bicyclic) bond motifs is 1. The Balaban J connectivity index is 2.20. The largest absolute Gasteiger partial charge is 0.539 e. The molecule has 0 fully saturated rings. The number of nitrogen functional groups attached to an aromatic ring is 1. The Hall–Kier alpha value is -2.48. The summed E-state index contributed by atoms with van der Waals surface area (Å²) in [5.74, 6) is -1.28. The van der Waals surface area contributed by atoms with E-state index in [9.17, 15) is 9.90 Å². The van der Waals surface area contributed by atoms with Crippen molar-refractivity contribution >= 4 is 33.0 Å². The molecule has 8 heteroatoms. The second kappa shape index (κ2) is 4.27. The van der Waals surface area contributed by atoms with Gasteiger partial charge >= 0.3 is 5.69 Å². The number of nitrogens with two attached hydrogens (primary N) is 1. The van der Waals surface area contributed by atoms with Crippen molar-refractivity contribution in [3.8, 4) is 5.95 Å². The summed E-state index contributed by atoms with van der Waals surface area (Å²) in [6, 6.07) is 3.63. The fraction of sp³-hybridized carbons (Fsp3) is 0.167. The first-order chi connectivity index (χ1) is 9.49. The van der Waals surface area contributed by atoms with Gasteiger partial charge < -0.3 is 15.4 Å². The minimum atomic E-state index is -0.779. The molecule has 7 nitrogen and oxygen atoms in total. The summed E-state index contributed by atoms with van der Waals surface area (Å²) in [4.78, 5) is 17.7. The van der Waals surface area contributed by atoms with E-state index in [0.29, 0.717) is 15.9 Å². The zero-order valence-electron chi connectivity index (χ0n) is 10.7. The van der Waals surface area contributed by atoms with Gasteiger partial charge in [-0.3, -0.25) is 4.79 Å². The van der Waals surface area contributed by atoms with Crippen LogP contribution >= 0.6 is 11.3 Å². The van der Waals surface area contributed by atoms with Crippen LogP contribution in [0.1, 0.15) is 21.1 Å². The van der Waals surface area contributed by atoms with E-state index < -0.39 is 11.7 Å². The van der Waals surface area contributed by atoms with E-state index in [1.54, 1.807) is 0 Å². The van der Waals surface area contributed by atoms with Gasteiger partial charge in [-0.25, -0.2) is 4.98 Å². The molecule has 0 amide bonds. The molecule has 3 aromatic heterocycles. The van der Waals surface area contributed by atoms with E-state index >= 15 is 0 Å². The Morgan fingerprint density at radius 2 is 2.25 bits per heavy atom. The summed E-state index contributed by atoms with van der Waals surface area (Å²) in [5, 5.41) is 15.6. The third-order valence-corrected chi connectivity index (χ3v) is 4.03. The van der Waals surface area contributed by atoms with Crippen LogP contribution in [0.15, 0.2) is 16.7 Å². The number of aryl methyl sites for hydroxylation is 2. The number of rotatable bonds is 2. The quantitative estimate of drug-likeness (QED) is 0.537. The van der Waals surface area contributed by atoms with Crippen molar-refractivity contribution in [2.45, 2.75) is 6.92 Å². The van der Waals surface area contributed by atoms with Gasteiger partial charge in [-0.05, 0) is 19.1 Å². The number of pyridine rings is 1. The lowest BCUT2D eigenvalue weighted by atomic mass is 10.2. The maximum Gasteiger partial charge on any atom is 0.305 e. The van der Waals surface area contributed by atoms with Crippen LogP contribution in [0.2, 0.25) is 0 Å². The van der Waals surface area contributed by atoms with Crippen molar-refractivity contribution in [3.05, 3.63) is 28.4 Å². The summed E-state index contributed by atoms with van der Waals surface area (Å²) in [6.45, 7) is 1.85. The van der Waals surface area contributed by atoms with Crippen molar-refractivity contribution in [1.82, 2.24) is 10.3 Å². The molecule has 0 saturated carbocycles. The highest BCUT2D eigenvalue weighted by atomic mass is 32.1. The molecule has 0 unspecified atom stereocenters. The maximum absolute atomic E-state index is 12.4. The van der Waals surface area contributed by atoms with Crippen LogP contribution in [0.25, 0.3) is 10.2 Å². The normalized spacial score (nSPS) is 11.1. The first kappa shape index (κ1) is 12.5. The first-order valence-electron chi connectivity index (χ1n) is 5.72. The van der Waals surface area contributed by atoms with Crippen LogP contribution in [-0.2, 0) is 7.05 Å². The Labute approximate surface area is 117 Å². The van der Waals surface area contributed by atoms with E-state index in [-0.39, 0.29) is 10.6 Å². The predicted molar refractivity (Wildman–Crippen MR) is 69.3 cm³/mol. The fourth-order valence-corrected chi connectivity index (χ4v) is 3.00. The zero-order chi connectivity index (χ0) is 14.4. The maximum atomic E-state index is 12.4. The molecule has 0 aliphatic rings. The van der Waals surface area contributed by atoms with Crippen LogP contribution in [0.3, 0.4) is 0 Å². The highest BCUT2D eigenvalue weighted by Gasteiger charge is 2.28. The number of anilines is 1. The van der Waals surface area contributed by atoms with Gasteiger partial charge in [0, 0.05) is 11.1 Å². The number of aromatic nitrogens is 3. The summed E-state index contributed by atoms with van der Waals surface area (Å²) < 4.78 is 5.56. The van der Waals surface area contributed by atoms with E-state index in [1.807, 2.05) is 19.1 Å². The van der Waals surface area contributed by atoms with Crippen LogP contribution in [0.4, 0.5) is 5.69 Å². The number of thiophene rings is 1. The van der Waals surface area contributed by atoms with Gasteiger partial charge in [0.1, 0.15) is 9.71 Å². The lowest BCUT2D eigenvalue weighted by molar-refractivity contribution is -0.741. The van der Waals surface area contributed by atoms with E-state index in [0.717, 1.165) is 21.7 Å². The topological polar surface area (TPSA) is 109 Å². The van der Waals surface area contributed by atoms with Gasteiger partial charge in [0.2, 0.25) is 0 Å². The first-order valence-corrected chi connectivity index (χ1v) is 6.54. The highest BCUT2D eigenvalue weighted by Crippen LogP contribution is 2.34. The molecule has 3 aromatic rings. The van der Waals surface area contributed by atoms with Crippen molar-refractivity contribution in [2.24, 2.45) is 7.05 Å². The molecule has 0 radical (unpaired) electrons. The standard InChI is InChI=1S/C12H10N4O3S/c1-5-3-4-6-7(13)10(20-11(6)14-5)9(17)8-12(18)19-15-16(8)2/h3-4H,1-2H3,(H2-,13,15,17,18). The molecule has 0 aromatic carbocycles. The Kier molecular flexibility index (Phi) is 2.68. The molecule has 0 spiro atoms. The zero-order valence-corrected chi connectivity index (χ0v) is 11.5. The van der Waals surface area contributed by atoms with Crippen molar-refractivity contribution < 1.29 is 19.1 Å². The number of carbonyl (C=O) groups excluding carboxylic acids is 1. The SMILES string of the molecule is Cc1ccc2c(N)c(C(=O)c3c([O-])on[n+]3C)sc2n1. The Bertz CT molecular complexity index is 817. The van der Waals surface area contributed by atoms with E-state index in [2.05, 4.69) is 14.8 Å². The lowest BCUT2D eigenvalue weighted by Gasteiger charge is -1.96. The van der Waals surface area contributed by atoms with Crippen molar-refractivity contribution in [3.63, 3.8) is 0 Å². The molecular formula is C12H10N4O3S. The molecule has 0 atom stereocenters. The molecule has 0 aliphatic carbocycles. The summed E-state index contributed by atoms with van der Waals surface area (Å²) in [5.41, 5.74) is 6.98. The molecular weight excluding hydrogens is 280 g/mol. The van der Waals surface area contributed by atoms with Crippen LogP contribution < -0.4 is 15.5 Å². The van der Waals surface area contributed by atoms with Crippen molar-refractivity contribution in [1.29, 1.82) is 0 Å². The third kappa shape index (κ3) is 1.73. The molecule has 20 heavy (non-hydrogen) atoms. The molecule has 102 valence electrons. The summed E-state index contributed by atoms with van der Waals surface area (Å²) in [6.07, 6.45) is 0. The number of hydrogen-bond donors (Lipinski definition) is 1. The molecule has 0 saturated heterocycles. The fourth-order valence-electron chi connectivity index (χ4n) is 1.92. The minimum Gasteiger partial charge on any atom is -0.539 e. The van der Waals surface area contributed by atoms with Crippen LogP contribution in [-0.4, -0.2) is 16.0 Å². The second-order valence-electron chi connectivity index (χ2n) is 4.31. The van der Waals surface area contributed by atoms with Gasteiger partial charge in [-0.2, -0.15) is 0 Å². The molecule has 0 bridgehead atoms. The van der Waals surface area contributed by atoms with Gasteiger partial charge in [-0.15, -0.1) is 11.3 Å². The lowest BCUT2D eigenvalue weighted by Crippen LogP contribution is -2.37. The van der Waals surface area contributed by atoms with Crippen molar-refractivity contribution in [2.75, 3.05) is 5.73 Å². The van der Waals surface area contributed by atoms with Gasteiger partial charge in [0.25, 0.3) is 5.78 Å². The molecule has 0 aliphatic heterocycles. The number of hydrogen-bond acceptors (Lipinski definition) is 7. The molecule has 3 rings (SSSR count). The predicted octanol–water partition coefficient (Wildman–Crippen LogP) is 0.304. The van der Waals surface area contributed by atoms with E-state index in [1.165, 1.54) is 7.05 Å². The van der Waals surface area contributed by atoms with Gasteiger partial charge in [0.15, 0.2) is 13.0 Å². The number of nitrogens with zero attached hydrogens (tertiary/aromatic N) is 3. The van der Waals surface area contributed by atoms with Crippen LogP contribution in [0, 0.1) is 6.92 Å². The third-order valence-electron chi connectivity index (χ3n) is 2.92. The van der Waals surface area contributed by atoms with Gasteiger partial charge in [0.05, 0.1) is 11.0 Å². The minimum absolute atomic E-state index is 0.153. The number of carbonyl (C=O) groups is 1. The molecule has 3 heterocycles. The monoisotopic (exact) mass is 290 g/mol. The Morgan fingerprint density at radius 1 is 1.50 bits per heavy atom. The average molecular weight is 290 g/mol. The number of ketones is 1. The highest BCUT2D eigenvalue weighted by molar-refractivity contribution is 7.21. The second-order valence-corrected chi connectivity index (χ2v) is 5.31. The van der Waals surface area contributed by atoms with E-state index in [4.69, 9.17) is 5.73 Å². The molecule has 2 N–H and O–H groups in total. The summed E-state index contributed by atoms with van der Waals surface area (Å²) in [7, 11) is 1.46. The average Bonchev–Trinajstić information content (AvgIpc) is 2.90. The van der Waals surface area contributed by atoms with Crippen LogP contribution in [0.5, 0.6) is 5.95 Å². The summed E-state index contributed by atoms with van der Waals surface area (Å²) >= 11 is 1.15. The smallest absolute Gasteiger partial charge is 0.305 e.